The van der Waals surface area contributed by atoms with Crippen molar-refractivity contribution in [2.75, 3.05) is 5.73 Å². The summed E-state index contributed by atoms with van der Waals surface area (Å²) in [4.78, 5) is 28.3. The second-order valence-corrected chi connectivity index (χ2v) is 7.19. The minimum atomic E-state index is -0.399. The van der Waals surface area contributed by atoms with E-state index < -0.39 is 5.24 Å². The van der Waals surface area contributed by atoms with E-state index in [4.69, 9.17) is 17.3 Å². The van der Waals surface area contributed by atoms with Crippen molar-refractivity contribution in [3.63, 3.8) is 0 Å². The minimum Gasteiger partial charge on any atom is -0.397 e. The topological polar surface area (TPSA) is 72.5 Å². The second kappa shape index (κ2) is 7.14. The van der Waals surface area contributed by atoms with Crippen molar-refractivity contribution in [1.82, 2.24) is 0 Å². The number of allylic oxidation sites excluding steroid dienone is 4. The summed E-state index contributed by atoms with van der Waals surface area (Å²) in [6.45, 7) is 5.92. The number of para-hydroxylation sites is 2. The number of benzene rings is 1. The van der Waals surface area contributed by atoms with Gasteiger partial charge in [0.1, 0.15) is 5.71 Å². The van der Waals surface area contributed by atoms with E-state index in [0.717, 1.165) is 5.57 Å². The van der Waals surface area contributed by atoms with Gasteiger partial charge in [-0.1, -0.05) is 39.0 Å². The molecule has 24 heavy (non-hydrogen) atoms. The highest BCUT2D eigenvalue weighted by Crippen LogP contribution is 2.32. The van der Waals surface area contributed by atoms with Gasteiger partial charge in [0.25, 0.3) is 0 Å². The number of nitrogen functional groups attached to an aromatic ring is 1. The summed E-state index contributed by atoms with van der Waals surface area (Å²) in [5.41, 5.74) is 8.51. The summed E-state index contributed by atoms with van der Waals surface area (Å²) in [5, 5.41) is -0.399. The Balaban J connectivity index is 2.47. The summed E-state index contributed by atoms with van der Waals surface area (Å²) >= 11 is 5.44. The van der Waals surface area contributed by atoms with Crippen LogP contribution < -0.4 is 5.73 Å². The molecule has 2 rings (SSSR count). The van der Waals surface area contributed by atoms with Crippen molar-refractivity contribution in [2.24, 2.45) is 10.4 Å². The van der Waals surface area contributed by atoms with E-state index in [-0.39, 0.29) is 17.6 Å². The highest BCUT2D eigenvalue weighted by Gasteiger charge is 2.29. The predicted molar refractivity (Wildman–Crippen MR) is 98.7 cm³/mol. The molecular weight excluding hydrogens is 324 g/mol. The van der Waals surface area contributed by atoms with Crippen molar-refractivity contribution >= 4 is 39.7 Å². The number of ketones is 1. The predicted octanol–water partition coefficient (Wildman–Crippen LogP) is 4.37. The molecule has 1 aliphatic carbocycles. The number of rotatable bonds is 4. The number of nitrogens with zero attached hydrogens (tertiary/aromatic N) is 1. The van der Waals surface area contributed by atoms with Crippen LogP contribution in [0.1, 0.15) is 33.6 Å². The third kappa shape index (κ3) is 4.42. The normalized spacial score (nSPS) is 16.8. The Morgan fingerprint density at radius 1 is 1.21 bits per heavy atom. The van der Waals surface area contributed by atoms with Gasteiger partial charge in [0, 0.05) is 12.0 Å². The van der Waals surface area contributed by atoms with Gasteiger partial charge in [-0.25, -0.2) is 4.99 Å². The third-order valence-corrected chi connectivity index (χ3v) is 3.91. The molecule has 1 aromatic rings. The maximum atomic E-state index is 12.8. The molecule has 0 fully saturated rings. The van der Waals surface area contributed by atoms with Crippen LogP contribution in [0.5, 0.6) is 0 Å². The van der Waals surface area contributed by atoms with Crippen molar-refractivity contribution in [1.29, 1.82) is 0 Å². The second-order valence-electron chi connectivity index (χ2n) is 6.77. The average Bonchev–Trinajstić information content (AvgIpc) is 2.48. The molecule has 0 radical (unpaired) electrons. The Bertz CT molecular complexity index is 768. The number of anilines is 1. The first kappa shape index (κ1) is 18.1. The lowest BCUT2D eigenvalue weighted by atomic mass is 9.78. The average molecular weight is 345 g/mol. The van der Waals surface area contributed by atoms with Crippen LogP contribution in [0.2, 0.25) is 0 Å². The zero-order chi connectivity index (χ0) is 17.9. The zero-order valence-electron chi connectivity index (χ0n) is 14.1. The summed E-state index contributed by atoms with van der Waals surface area (Å²) in [7, 11) is 0. The Morgan fingerprint density at radius 3 is 2.46 bits per heavy atom. The van der Waals surface area contributed by atoms with Gasteiger partial charge >= 0.3 is 0 Å². The van der Waals surface area contributed by atoms with E-state index in [9.17, 15) is 9.59 Å². The maximum absolute atomic E-state index is 12.8. The molecule has 2 N–H and O–H groups in total. The lowest BCUT2D eigenvalue weighted by Gasteiger charge is -2.25. The number of carbonyl (C=O) groups is 2. The van der Waals surface area contributed by atoms with E-state index >= 15 is 0 Å². The molecule has 1 aliphatic rings. The minimum absolute atomic E-state index is 0.119. The van der Waals surface area contributed by atoms with E-state index in [1.165, 1.54) is 0 Å². The monoisotopic (exact) mass is 344 g/mol. The Morgan fingerprint density at radius 2 is 1.88 bits per heavy atom. The zero-order valence-corrected chi connectivity index (χ0v) is 14.9. The molecule has 0 saturated heterocycles. The fourth-order valence-electron chi connectivity index (χ4n) is 2.42. The molecule has 126 valence electrons. The molecule has 0 spiro atoms. The van der Waals surface area contributed by atoms with Gasteiger partial charge in [0.05, 0.1) is 11.4 Å². The molecule has 0 amide bonds. The van der Waals surface area contributed by atoms with Gasteiger partial charge in [0.2, 0.25) is 11.0 Å². The first-order chi connectivity index (χ1) is 11.2. The SMILES string of the molecule is CC(C)(C)C1=CC(CCC(=O)Cl)=CC(=Nc2ccccc2N)C1=O. The summed E-state index contributed by atoms with van der Waals surface area (Å²) in [6.07, 6.45) is 4.24. The van der Waals surface area contributed by atoms with Crippen LogP contribution in [0.15, 0.2) is 52.6 Å². The van der Waals surface area contributed by atoms with Gasteiger partial charge in [-0.15, -0.1) is 0 Å². The number of hydrogen-bond acceptors (Lipinski definition) is 4. The lowest BCUT2D eigenvalue weighted by molar-refractivity contribution is -0.111. The molecule has 5 heteroatoms. The summed E-state index contributed by atoms with van der Waals surface area (Å²) < 4.78 is 0. The quantitative estimate of drug-likeness (QED) is 0.500. The molecular formula is C19H21ClN2O2. The summed E-state index contributed by atoms with van der Waals surface area (Å²) in [6, 6.07) is 7.14. The fraction of sp³-hybridized carbons (Fsp3) is 0.316. The highest BCUT2D eigenvalue weighted by atomic mass is 35.5. The number of Topliss-reactive ketones (excluding diaryl/α,β-unsaturated/α-hetero) is 1. The highest BCUT2D eigenvalue weighted by molar-refractivity contribution is 6.63. The largest absolute Gasteiger partial charge is 0.397 e. The fourth-order valence-corrected chi connectivity index (χ4v) is 2.51. The molecule has 0 unspecified atom stereocenters. The van der Waals surface area contributed by atoms with Gasteiger partial charge in [-0.2, -0.15) is 0 Å². The third-order valence-electron chi connectivity index (χ3n) is 3.73. The molecule has 0 bridgehead atoms. The number of aliphatic imine (C=N–C) groups is 1. The van der Waals surface area contributed by atoms with E-state index in [2.05, 4.69) is 4.99 Å². The first-order valence-corrected chi connectivity index (χ1v) is 8.15. The van der Waals surface area contributed by atoms with Crippen molar-refractivity contribution in [2.45, 2.75) is 33.6 Å². The standard InChI is InChI=1S/C19H21ClN2O2/c1-19(2,3)13-10-12(8-9-17(20)23)11-16(18(13)24)22-15-7-5-4-6-14(15)21/h4-7,10-11H,8-9,21H2,1-3H3. The van der Waals surface area contributed by atoms with Crippen LogP contribution >= 0.6 is 11.6 Å². The van der Waals surface area contributed by atoms with Crippen LogP contribution in [-0.2, 0) is 9.59 Å². The molecule has 4 nitrogen and oxygen atoms in total. The summed E-state index contributed by atoms with van der Waals surface area (Å²) in [5.74, 6) is -0.119. The number of nitrogens with two attached hydrogens (primary N) is 1. The van der Waals surface area contributed by atoms with Gasteiger partial charge in [0.15, 0.2) is 0 Å². The molecule has 0 atom stereocenters. The molecule has 0 aromatic heterocycles. The van der Waals surface area contributed by atoms with E-state index in [1.807, 2.05) is 39.0 Å². The Hall–Kier alpha value is -2.20. The van der Waals surface area contributed by atoms with Crippen molar-refractivity contribution in [3.8, 4) is 0 Å². The van der Waals surface area contributed by atoms with Crippen LogP contribution in [0.25, 0.3) is 0 Å². The van der Waals surface area contributed by atoms with Crippen molar-refractivity contribution < 1.29 is 9.59 Å². The van der Waals surface area contributed by atoms with Gasteiger partial charge in [-0.05, 0) is 47.2 Å². The van der Waals surface area contributed by atoms with Gasteiger partial charge < -0.3 is 5.73 Å². The molecule has 0 heterocycles. The molecule has 0 saturated carbocycles. The van der Waals surface area contributed by atoms with Crippen LogP contribution in [0, 0.1) is 5.41 Å². The Kier molecular flexibility index (Phi) is 5.40. The molecule has 1 aromatic carbocycles. The van der Waals surface area contributed by atoms with Crippen LogP contribution in [-0.4, -0.2) is 16.7 Å². The van der Waals surface area contributed by atoms with E-state index in [0.29, 0.717) is 29.1 Å². The number of hydrogen-bond donors (Lipinski definition) is 1. The maximum Gasteiger partial charge on any atom is 0.221 e. The first-order valence-electron chi connectivity index (χ1n) is 7.77. The number of halogens is 1. The van der Waals surface area contributed by atoms with Crippen molar-refractivity contribution in [3.05, 3.63) is 47.6 Å². The van der Waals surface area contributed by atoms with Gasteiger partial charge in [-0.3, -0.25) is 9.59 Å². The molecule has 0 aliphatic heterocycles. The van der Waals surface area contributed by atoms with Crippen LogP contribution in [0.4, 0.5) is 11.4 Å². The van der Waals surface area contributed by atoms with Crippen LogP contribution in [0.3, 0.4) is 0 Å². The lowest BCUT2D eigenvalue weighted by Crippen LogP contribution is -2.27. The number of carbonyl (C=O) groups excluding carboxylic acids is 2. The van der Waals surface area contributed by atoms with E-state index in [1.54, 1.807) is 18.2 Å². The smallest absolute Gasteiger partial charge is 0.221 e. The Labute approximate surface area is 147 Å².